The Morgan fingerprint density at radius 1 is 1.60 bits per heavy atom. The summed E-state index contributed by atoms with van der Waals surface area (Å²) in [5.74, 6) is 0.357. The van der Waals surface area contributed by atoms with Crippen molar-refractivity contribution in [1.29, 1.82) is 0 Å². The van der Waals surface area contributed by atoms with E-state index >= 15 is 0 Å². The van der Waals surface area contributed by atoms with Gasteiger partial charge in [-0.2, -0.15) is 0 Å². The minimum absolute atomic E-state index is 0.0418. The Bertz CT molecular complexity index is 457. The maximum atomic E-state index is 12.0. The van der Waals surface area contributed by atoms with Gasteiger partial charge in [0.25, 0.3) is 0 Å². The molecule has 2 rings (SSSR count). The summed E-state index contributed by atoms with van der Waals surface area (Å²) in [5.41, 5.74) is 6.67. The van der Waals surface area contributed by atoms with Crippen LogP contribution < -0.4 is 15.8 Å². The van der Waals surface area contributed by atoms with Crippen LogP contribution in [-0.2, 0) is 11.2 Å². The standard InChI is InChI=1S/C14H21N3O3/c1-20-14-9(3-2-5-17-14)4-6-16-13(19)10-7-11(15)12(18)8-10/h2-3,5,10-12,18H,4,6-8,15H2,1H3,(H,16,19)/t10-,11+,12+/m0/s1. The van der Waals surface area contributed by atoms with Crippen molar-refractivity contribution in [1.82, 2.24) is 10.3 Å². The maximum absolute atomic E-state index is 12.0. The number of carbonyl (C=O) groups excluding carboxylic acids is 1. The van der Waals surface area contributed by atoms with E-state index in [2.05, 4.69) is 10.3 Å². The molecule has 1 heterocycles. The van der Waals surface area contributed by atoms with E-state index in [4.69, 9.17) is 10.5 Å². The predicted molar refractivity (Wildman–Crippen MR) is 74.2 cm³/mol. The van der Waals surface area contributed by atoms with Gasteiger partial charge in [0.05, 0.1) is 13.2 Å². The lowest BCUT2D eigenvalue weighted by molar-refractivity contribution is -0.125. The van der Waals surface area contributed by atoms with Crippen LogP contribution in [-0.4, -0.2) is 41.8 Å². The molecule has 0 radical (unpaired) electrons. The molecule has 1 aliphatic carbocycles. The molecule has 1 aromatic rings. The van der Waals surface area contributed by atoms with E-state index in [-0.39, 0.29) is 17.9 Å². The van der Waals surface area contributed by atoms with Crippen LogP contribution in [0.15, 0.2) is 18.3 Å². The summed E-state index contributed by atoms with van der Waals surface area (Å²) in [4.78, 5) is 16.1. The molecule has 6 nitrogen and oxygen atoms in total. The Kier molecular flexibility index (Phi) is 4.92. The molecule has 0 bridgehead atoms. The molecule has 20 heavy (non-hydrogen) atoms. The van der Waals surface area contributed by atoms with Crippen molar-refractivity contribution in [3.8, 4) is 5.88 Å². The van der Waals surface area contributed by atoms with Crippen molar-refractivity contribution >= 4 is 5.91 Å². The fraction of sp³-hybridized carbons (Fsp3) is 0.571. The molecular formula is C14H21N3O3. The van der Waals surface area contributed by atoms with E-state index in [1.165, 1.54) is 0 Å². The van der Waals surface area contributed by atoms with Gasteiger partial charge in [0, 0.05) is 30.3 Å². The third-order valence-electron chi connectivity index (χ3n) is 3.68. The number of nitrogens with zero attached hydrogens (tertiary/aromatic N) is 1. The molecule has 0 unspecified atom stereocenters. The predicted octanol–water partition coefficient (Wildman–Crippen LogP) is -0.153. The number of hydrogen-bond acceptors (Lipinski definition) is 5. The highest BCUT2D eigenvalue weighted by Crippen LogP contribution is 2.24. The summed E-state index contributed by atoms with van der Waals surface area (Å²) in [5, 5.41) is 12.4. The Labute approximate surface area is 118 Å². The number of nitrogens with two attached hydrogens (primary N) is 1. The lowest BCUT2D eigenvalue weighted by Gasteiger charge is -2.11. The van der Waals surface area contributed by atoms with Gasteiger partial charge in [0.15, 0.2) is 0 Å². The van der Waals surface area contributed by atoms with Crippen molar-refractivity contribution in [2.24, 2.45) is 11.7 Å². The van der Waals surface area contributed by atoms with E-state index in [1.807, 2.05) is 12.1 Å². The number of nitrogens with one attached hydrogen (secondary N) is 1. The van der Waals surface area contributed by atoms with Crippen LogP contribution in [0, 0.1) is 5.92 Å². The SMILES string of the molecule is COc1ncccc1CCNC(=O)[C@H]1C[C@@H](N)[C@H](O)C1. The molecule has 0 aromatic carbocycles. The van der Waals surface area contributed by atoms with Crippen LogP contribution in [0.1, 0.15) is 18.4 Å². The molecular weight excluding hydrogens is 258 g/mol. The average Bonchev–Trinajstić information content (AvgIpc) is 2.79. The Morgan fingerprint density at radius 2 is 2.40 bits per heavy atom. The van der Waals surface area contributed by atoms with Crippen molar-refractivity contribution < 1.29 is 14.6 Å². The van der Waals surface area contributed by atoms with Crippen LogP contribution in [0.2, 0.25) is 0 Å². The lowest BCUT2D eigenvalue weighted by atomic mass is 10.1. The van der Waals surface area contributed by atoms with Crippen LogP contribution in [0.5, 0.6) is 5.88 Å². The van der Waals surface area contributed by atoms with Crippen LogP contribution >= 0.6 is 0 Å². The number of carbonyl (C=O) groups is 1. The van der Waals surface area contributed by atoms with Crippen molar-refractivity contribution in [3.05, 3.63) is 23.9 Å². The first-order chi connectivity index (χ1) is 9.61. The second-order valence-electron chi connectivity index (χ2n) is 5.11. The zero-order valence-electron chi connectivity index (χ0n) is 11.6. The molecule has 0 saturated heterocycles. The van der Waals surface area contributed by atoms with Gasteiger partial charge in [-0.15, -0.1) is 0 Å². The van der Waals surface area contributed by atoms with Crippen molar-refractivity contribution in [3.63, 3.8) is 0 Å². The highest BCUT2D eigenvalue weighted by atomic mass is 16.5. The first-order valence-electron chi connectivity index (χ1n) is 6.81. The molecule has 1 fully saturated rings. The fourth-order valence-corrected chi connectivity index (χ4v) is 2.53. The minimum Gasteiger partial charge on any atom is -0.481 e. The number of aromatic nitrogens is 1. The second-order valence-corrected chi connectivity index (χ2v) is 5.11. The number of aliphatic hydroxyl groups is 1. The summed E-state index contributed by atoms with van der Waals surface area (Å²) >= 11 is 0. The second kappa shape index (κ2) is 6.67. The van der Waals surface area contributed by atoms with Gasteiger partial charge in [-0.1, -0.05) is 6.07 Å². The summed E-state index contributed by atoms with van der Waals surface area (Å²) in [7, 11) is 1.58. The molecule has 1 saturated carbocycles. The first kappa shape index (κ1) is 14.7. The normalized spacial score (nSPS) is 25.4. The lowest BCUT2D eigenvalue weighted by Crippen LogP contribution is -2.32. The molecule has 0 aliphatic heterocycles. The average molecular weight is 279 g/mol. The highest BCUT2D eigenvalue weighted by Gasteiger charge is 2.34. The summed E-state index contributed by atoms with van der Waals surface area (Å²) < 4.78 is 5.16. The molecule has 0 spiro atoms. The highest BCUT2D eigenvalue weighted by molar-refractivity contribution is 5.79. The summed E-state index contributed by atoms with van der Waals surface area (Å²) in [6, 6.07) is 3.48. The minimum atomic E-state index is -0.566. The number of amides is 1. The van der Waals surface area contributed by atoms with Gasteiger partial charge in [-0.3, -0.25) is 4.79 Å². The van der Waals surface area contributed by atoms with E-state index < -0.39 is 6.10 Å². The van der Waals surface area contributed by atoms with E-state index in [0.29, 0.717) is 31.7 Å². The van der Waals surface area contributed by atoms with Gasteiger partial charge in [-0.25, -0.2) is 4.98 Å². The van der Waals surface area contributed by atoms with Crippen LogP contribution in [0.25, 0.3) is 0 Å². The van der Waals surface area contributed by atoms with Crippen molar-refractivity contribution in [2.75, 3.05) is 13.7 Å². The van der Waals surface area contributed by atoms with E-state index in [9.17, 15) is 9.90 Å². The smallest absolute Gasteiger partial charge is 0.223 e. The Morgan fingerprint density at radius 3 is 3.05 bits per heavy atom. The summed E-state index contributed by atoms with van der Waals surface area (Å²) in [6.45, 7) is 0.517. The van der Waals surface area contributed by atoms with Crippen molar-refractivity contribution in [2.45, 2.75) is 31.4 Å². The van der Waals surface area contributed by atoms with Crippen LogP contribution in [0.3, 0.4) is 0 Å². The van der Waals surface area contributed by atoms with E-state index in [0.717, 1.165) is 5.56 Å². The Hall–Kier alpha value is -1.66. The number of rotatable bonds is 5. The Balaban J connectivity index is 1.80. The quantitative estimate of drug-likeness (QED) is 0.696. The number of methoxy groups -OCH3 is 1. The monoisotopic (exact) mass is 279 g/mol. The van der Waals surface area contributed by atoms with Gasteiger partial charge < -0.3 is 20.9 Å². The third-order valence-corrected chi connectivity index (χ3v) is 3.68. The first-order valence-corrected chi connectivity index (χ1v) is 6.81. The molecule has 1 aromatic heterocycles. The molecule has 4 N–H and O–H groups in total. The molecule has 6 heteroatoms. The van der Waals surface area contributed by atoms with Crippen LogP contribution in [0.4, 0.5) is 0 Å². The topological polar surface area (TPSA) is 97.5 Å². The fourth-order valence-electron chi connectivity index (χ4n) is 2.53. The molecule has 1 amide bonds. The summed E-state index contributed by atoms with van der Waals surface area (Å²) in [6.07, 6.45) is 2.75. The molecule has 1 aliphatic rings. The number of pyridine rings is 1. The third kappa shape index (κ3) is 3.46. The maximum Gasteiger partial charge on any atom is 0.223 e. The van der Waals surface area contributed by atoms with Gasteiger partial charge in [0.1, 0.15) is 0 Å². The number of hydrogen-bond donors (Lipinski definition) is 3. The van der Waals surface area contributed by atoms with Gasteiger partial charge >= 0.3 is 0 Å². The number of ether oxygens (including phenoxy) is 1. The van der Waals surface area contributed by atoms with Gasteiger partial charge in [-0.05, 0) is 25.3 Å². The zero-order chi connectivity index (χ0) is 14.5. The van der Waals surface area contributed by atoms with E-state index in [1.54, 1.807) is 13.3 Å². The largest absolute Gasteiger partial charge is 0.481 e. The van der Waals surface area contributed by atoms with Gasteiger partial charge in [0.2, 0.25) is 11.8 Å². The molecule has 3 atom stereocenters. The zero-order valence-corrected chi connectivity index (χ0v) is 11.6. The molecule has 110 valence electrons. The number of aliphatic hydroxyl groups excluding tert-OH is 1.